The van der Waals surface area contributed by atoms with Crippen molar-refractivity contribution in [2.75, 3.05) is 11.9 Å². The minimum atomic E-state index is -0.475. The first-order chi connectivity index (χ1) is 8.08. The molecule has 0 amide bonds. The van der Waals surface area contributed by atoms with Gasteiger partial charge in [0.15, 0.2) is 0 Å². The summed E-state index contributed by atoms with van der Waals surface area (Å²) in [5.74, 6) is 1.20. The van der Waals surface area contributed by atoms with Crippen LogP contribution in [0.15, 0.2) is 16.7 Å². The van der Waals surface area contributed by atoms with Crippen molar-refractivity contribution in [3.05, 3.63) is 26.9 Å². The predicted octanol–water partition coefficient (Wildman–Crippen LogP) is 1.90. The molecule has 1 unspecified atom stereocenters. The number of nitrogens with zero attached hydrogens (tertiary/aromatic N) is 2. The Bertz CT molecular complexity index is 436. The fourth-order valence-electron chi connectivity index (χ4n) is 1.56. The van der Waals surface area contributed by atoms with E-state index < -0.39 is 4.92 Å². The Morgan fingerprint density at radius 1 is 1.71 bits per heavy atom. The summed E-state index contributed by atoms with van der Waals surface area (Å²) in [4.78, 5) is 14.1. The van der Waals surface area contributed by atoms with Gasteiger partial charge < -0.3 is 11.1 Å². The number of anilines is 1. The third kappa shape index (κ3) is 3.13. The molecule has 1 saturated carbocycles. The van der Waals surface area contributed by atoms with Crippen LogP contribution in [-0.2, 0) is 0 Å². The van der Waals surface area contributed by atoms with Gasteiger partial charge in [0.05, 0.1) is 9.40 Å². The monoisotopic (exact) mass is 300 g/mol. The second-order valence-electron chi connectivity index (χ2n) is 4.16. The standard InChI is InChI=1S/C10H13BrN4O2/c11-8-3-7(15(16)17)4-13-10(8)14-5-9(12)6-1-2-6/h3-4,6,9H,1-2,5,12H2,(H,13,14). The van der Waals surface area contributed by atoms with Crippen LogP contribution in [-0.4, -0.2) is 22.5 Å². The molecule has 92 valence electrons. The molecule has 1 aromatic rings. The lowest BCUT2D eigenvalue weighted by molar-refractivity contribution is -0.385. The highest BCUT2D eigenvalue weighted by Gasteiger charge is 2.28. The summed E-state index contributed by atoms with van der Waals surface area (Å²) >= 11 is 3.25. The summed E-state index contributed by atoms with van der Waals surface area (Å²) in [6.07, 6.45) is 3.62. The SMILES string of the molecule is NC(CNc1ncc([N+](=O)[O-])cc1Br)C1CC1. The lowest BCUT2D eigenvalue weighted by Crippen LogP contribution is -2.31. The van der Waals surface area contributed by atoms with Crippen LogP contribution in [0.5, 0.6) is 0 Å². The predicted molar refractivity (Wildman–Crippen MR) is 67.8 cm³/mol. The van der Waals surface area contributed by atoms with Gasteiger partial charge in [0, 0.05) is 18.7 Å². The van der Waals surface area contributed by atoms with Crippen LogP contribution < -0.4 is 11.1 Å². The Balaban J connectivity index is 1.98. The zero-order valence-electron chi connectivity index (χ0n) is 9.10. The molecule has 0 saturated heterocycles. The maximum Gasteiger partial charge on any atom is 0.288 e. The third-order valence-electron chi connectivity index (χ3n) is 2.77. The highest BCUT2D eigenvalue weighted by atomic mass is 79.9. The lowest BCUT2D eigenvalue weighted by atomic mass is 10.2. The summed E-state index contributed by atoms with van der Waals surface area (Å²) in [5.41, 5.74) is 5.91. The van der Waals surface area contributed by atoms with Gasteiger partial charge in [0.25, 0.3) is 5.69 Å². The van der Waals surface area contributed by atoms with E-state index in [9.17, 15) is 10.1 Å². The Morgan fingerprint density at radius 2 is 2.41 bits per heavy atom. The second kappa shape index (κ2) is 4.97. The average Bonchev–Trinajstić information content (AvgIpc) is 3.10. The van der Waals surface area contributed by atoms with Crippen molar-refractivity contribution in [1.82, 2.24) is 4.98 Å². The van der Waals surface area contributed by atoms with Crippen molar-refractivity contribution in [2.24, 2.45) is 11.7 Å². The second-order valence-corrected chi connectivity index (χ2v) is 5.02. The molecule has 1 aromatic heterocycles. The van der Waals surface area contributed by atoms with Crippen molar-refractivity contribution in [2.45, 2.75) is 18.9 Å². The Kier molecular flexibility index (Phi) is 3.58. The topological polar surface area (TPSA) is 94.1 Å². The highest BCUT2D eigenvalue weighted by Crippen LogP contribution is 2.32. The van der Waals surface area contributed by atoms with Gasteiger partial charge in [-0.15, -0.1) is 0 Å². The van der Waals surface area contributed by atoms with Gasteiger partial charge in [-0.1, -0.05) is 0 Å². The molecular formula is C10H13BrN4O2. The third-order valence-corrected chi connectivity index (χ3v) is 3.37. The number of aromatic nitrogens is 1. The molecule has 0 spiro atoms. The van der Waals surface area contributed by atoms with Gasteiger partial charge in [-0.25, -0.2) is 4.98 Å². The van der Waals surface area contributed by atoms with E-state index >= 15 is 0 Å². The minimum absolute atomic E-state index is 0.0334. The fraction of sp³-hybridized carbons (Fsp3) is 0.500. The van der Waals surface area contributed by atoms with Crippen LogP contribution in [0.2, 0.25) is 0 Å². The molecule has 1 aliphatic rings. The molecule has 2 rings (SSSR count). The van der Waals surface area contributed by atoms with Crippen molar-refractivity contribution in [3.63, 3.8) is 0 Å². The van der Waals surface area contributed by atoms with Crippen LogP contribution in [0.1, 0.15) is 12.8 Å². The number of nitro groups is 1. The maximum absolute atomic E-state index is 10.5. The van der Waals surface area contributed by atoms with E-state index in [4.69, 9.17) is 5.73 Å². The first-order valence-electron chi connectivity index (χ1n) is 5.37. The maximum atomic E-state index is 10.5. The van der Waals surface area contributed by atoms with Crippen molar-refractivity contribution >= 4 is 27.4 Å². The van der Waals surface area contributed by atoms with Gasteiger partial charge in [0.1, 0.15) is 12.0 Å². The Hall–Kier alpha value is -1.21. The Labute approximate surface area is 107 Å². The molecule has 6 nitrogen and oxygen atoms in total. The van der Waals surface area contributed by atoms with Crippen LogP contribution in [0, 0.1) is 16.0 Å². The van der Waals surface area contributed by atoms with E-state index in [0.29, 0.717) is 22.8 Å². The number of halogens is 1. The van der Waals surface area contributed by atoms with Crippen LogP contribution in [0.3, 0.4) is 0 Å². The summed E-state index contributed by atoms with van der Waals surface area (Å²) in [6, 6.07) is 1.55. The largest absolute Gasteiger partial charge is 0.368 e. The zero-order valence-corrected chi connectivity index (χ0v) is 10.7. The van der Waals surface area contributed by atoms with Gasteiger partial charge in [-0.05, 0) is 34.7 Å². The lowest BCUT2D eigenvalue weighted by Gasteiger charge is -2.12. The van der Waals surface area contributed by atoms with Crippen molar-refractivity contribution < 1.29 is 4.92 Å². The van der Waals surface area contributed by atoms with E-state index in [1.54, 1.807) is 0 Å². The van der Waals surface area contributed by atoms with E-state index in [2.05, 4.69) is 26.2 Å². The van der Waals surface area contributed by atoms with E-state index in [1.807, 2.05) is 0 Å². The molecule has 0 aromatic carbocycles. The highest BCUT2D eigenvalue weighted by molar-refractivity contribution is 9.10. The normalized spacial score (nSPS) is 16.6. The van der Waals surface area contributed by atoms with E-state index in [-0.39, 0.29) is 11.7 Å². The van der Waals surface area contributed by atoms with Gasteiger partial charge in [0.2, 0.25) is 0 Å². The molecule has 1 heterocycles. The Morgan fingerprint density at radius 3 is 2.94 bits per heavy atom. The molecule has 1 aliphatic carbocycles. The fourth-order valence-corrected chi connectivity index (χ4v) is 2.04. The number of pyridine rings is 1. The minimum Gasteiger partial charge on any atom is -0.368 e. The first-order valence-corrected chi connectivity index (χ1v) is 6.16. The summed E-state index contributed by atoms with van der Waals surface area (Å²) in [6.45, 7) is 0.633. The zero-order chi connectivity index (χ0) is 12.4. The molecule has 1 atom stereocenters. The van der Waals surface area contributed by atoms with Crippen LogP contribution in [0.4, 0.5) is 11.5 Å². The molecule has 17 heavy (non-hydrogen) atoms. The summed E-state index contributed by atoms with van der Waals surface area (Å²) in [5, 5.41) is 13.6. The molecule has 1 fully saturated rings. The average molecular weight is 301 g/mol. The van der Waals surface area contributed by atoms with Crippen LogP contribution >= 0.6 is 15.9 Å². The van der Waals surface area contributed by atoms with Gasteiger partial charge >= 0.3 is 0 Å². The molecule has 0 bridgehead atoms. The quantitative estimate of drug-likeness (QED) is 0.640. The van der Waals surface area contributed by atoms with Crippen molar-refractivity contribution in [1.29, 1.82) is 0 Å². The number of nitrogens with one attached hydrogen (secondary N) is 1. The van der Waals surface area contributed by atoms with Gasteiger partial charge in [-0.2, -0.15) is 0 Å². The first kappa shape index (κ1) is 12.3. The smallest absolute Gasteiger partial charge is 0.288 e. The van der Waals surface area contributed by atoms with Gasteiger partial charge in [-0.3, -0.25) is 10.1 Å². The molecule has 3 N–H and O–H groups in total. The molecular weight excluding hydrogens is 288 g/mol. The number of hydrogen-bond donors (Lipinski definition) is 2. The summed E-state index contributed by atoms with van der Waals surface area (Å²) < 4.78 is 0.578. The number of nitrogens with two attached hydrogens (primary N) is 1. The molecule has 0 aliphatic heterocycles. The number of rotatable bonds is 5. The van der Waals surface area contributed by atoms with Crippen molar-refractivity contribution in [3.8, 4) is 0 Å². The number of hydrogen-bond acceptors (Lipinski definition) is 5. The summed E-state index contributed by atoms with van der Waals surface area (Å²) in [7, 11) is 0. The van der Waals surface area contributed by atoms with Crippen LogP contribution in [0.25, 0.3) is 0 Å². The van der Waals surface area contributed by atoms with E-state index in [1.165, 1.54) is 25.1 Å². The molecule has 0 radical (unpaired) electrons. The van der Waals surface area contributed by atoms with E-state index in [0.717, 1.165) is 0 Å². The molecule has 7 heteroatoms.